The molecule has 0 amide bonds. The number of nitrogens with zero attached hydrogens (tertiary/aromatic N) is 3. The van der Waals surface area contributed by atoms with Crippen LogP contribution in [0.5, 0.6) is 0 Å². The molecule has 0 unspecified atom stereocenters. The Labute approximate surface area is 108 Å². The summed E-state index contributed by atoms with van der Waals surface area (Å²) in [6.45, 7) is 0.638. The average molecular weight is 259 g/mol. The number of benzene rings is 1. The Morgan fingerprint density at radius 2 is 2.22 bits per heavy atom. The minimum Gasteiger partial charge on any atom is -0.384 e. The third-order valence-corrected chi connectivity index (χ3v) is 3.78. The van der Waals surface area contributed by atoms with Crippen molar-refractivity contribution in [2.45, 2.75) is 6.54 Å². The Balaban J connectivity index is 1.79. The zero-order valence-electron chi connectivity index (χ0n) is 9.92. The van der Waals surface area contributed by atoms with Gasteiger partial charge in [0.2, 0.25) is 0 Å². The summed E-state index contributed by atoms with van der Waals surface area (Å²) in [4.78, 5) is 4.50. The first kappa shape index (κ1) is 11.0. The number of aromatic nitrogens is 3. The fourth-order valence-electron chi connectivity index (χ4n) is 1.75. The van der Waals surface area contributed by atoms with Gasteiger partial charge in [-0.05, 0) is 12.1 Å². The number of thiazole rings is 1. The van der Waals surface area contributed by atoms with Gasteiger partial charge in [-0.15, -0.1) is 0 Å². The quantitative estimate of drug-likeness (QED) is 0.756. The van der Waals surface area contributed by atoms with Gasteiger partial charge in [-0.3, -0.25) is 4.68 Å². The van der Waals surface area contributed by atoms with E-state index in [1.165, 1.54) is 4.70 Å². The van der Waals surface area contributed by atoms with Crippen molar-refractivity contribution in [2.75, 3.05) is 11.1 Å². The van der Waals surface area contributed by atoms with Crippen LogP contribution in [0.2, 0.25) is 0 Å². The molecule has 0 fully saturated rings. The molecule has 0 aliphatic heterocycles. The molecule has 0 atom stereocenters. The van der Waals surface area contributed by atoms with Gasteiger partial charge in [0.15, 0.2) is 5.13 Å². The van der Waals surface area contributed by atoms with E-state index in [1.807, 2.05) is 25.2 Å². The standard InChI is InChI=1S/C12H13N5S/c1-17-11(13)8(7-15-17)6-14-12-16-9-4-2-3-5-10(9)18-12/h2-5,7H,6,13H2,1H3,(H,14,16). The Hall–Kier alpha value is -2.08. The van der Waals surface area contributed by atoms with E-state index in [4.69, 9.17) is 5.73 Å². The highest BCUT2D eigenvalue weighted by molar-refractivity contribution is 7.22. The van der Waals surface area contributed by atoms with Crippen molar-refractivity contribution in [1.82, 2.24) is 14.8 Å². The van der Waals surface area contributed by atoms with Crippen molar-refractivity contribution in [3.63, 3.8) is 0 Å². The van der Waals surface area contributed by atoms with Crippen LogP contribution in [0.4, 0.5) is 10.9 Å². The van der Waals surface area contributed by atoms with E-state index in [0.717, 1.165) is 16.2 Å². The summed E-state index contributed by atoms with van der Waals surface area (Å²) >= 11 is 1.64. The number of para-hydroxylation sites is 1. The van der Waals surface area contributed by atoms with Gasteiger partial charge in [-0.1, -0.05) is 23.5 Å². The van der Waals surface area contributed by atoms with Crippen LogP contribution in [0.1, 0.15) is 5.56 Å². The summed E-state index contributed by atoms with van der Waals surface area (Å²) in [5, 5.41) is 8.29. The van der Waals surface area contributed by atoms with E-state index in [9.17, 15) is 0 Å². The highest BCUT2D eigenvalue weighted by Gasteiger charge is 2.06. The monoisotopic (exact) mass is 259 g/mol. The predicted molar refractivity (Wildman–Crippen MR) is 74.6 cm³/mol. The molecule has 6 heteroatoms. The second-order valence-electron chi connectivity index (χ2n) is 4.02. The molecule has 18 heavy (non-hydrogen) atoms. The van der Waals surface area contributed by atoms with Crippen LogP contribution in [0.25, 0.3) is 10.2 Å². The molecule has 2 heterocycles. The molecule has 0 aliphatic carbocycles. The molecule has 0 saturated carbocycles. The van der Waals surface area contributed by atoms with E-state index in [-0.39, 0.29) is 0 Å². The second-order valence-corrected chi connectivity index (χ2v) is 5.05. The van der Waals surface area contributed by atoms with Crippen LogP contribution in [-0.2, 0) is 13.6 Å². The molecule has 0 saturated heterocycles. The average Bonchev–Trinajstić information content (AvgIpc) is 2.92. The van der Waals surface area contributed by atoms with Gasteiger partial charge in [0.1, 0.15) is 5.82 Å². The van der Waals surface area contributed by atoms with Gasteiger partial charge in [0.05, 0.1) is 16.4 Å². The fraction of sp³-hybridized carbons (Fsp3) is 0.167. The van der Waals surface area contributed by atoms with E-state index in [1.54, 1.807) is 22.2 Å². The molecule has 92 valence electrons. The molecule has 3 aromatic rings. The number of aryl methyl sites for hydroxylation is 1. The summed E-state index contributed by atoms with van der Waals surface area (Å²) in [6.07, 6.45) is 1.77. The Bertz CT molecular complexity index is 652. The summed E-state index contributed by atoms with van der Waals surface area (Å²) < 4.78 is 2.84. The van der Waals surface area contributed by atoms with Crippen LogP contribution >= 0.6 is 11.3 Å². The molecule has 3 rings (SSSR count). The fourth-order valence-corrected chi connectivity index (χ4v) is 2.61. The highest BCUT2D eigenvalue weighted by atomic mass is 32.1. The lowest BCUT2D eigenvalue weighted by Crippen LogP contribution is -2.03. The molecule has 2 aromatic heterocycles. The minimum atomic E-state index is 0.638. The zero-order chi connectivity index (χ0) is 12.5. The Morgan fingerprint density at radius 1 is 1.39 bits per heavy atom. The largest absolute Gasteiger partial charge is 0.384 e. The number of fused-ring (bicyclic) bond motifs is 1. The van der Waals surface area contributed by atoms with Crippen molar-refractivity contribution >= 4 is 32.5 Å². The smallest absolute Gasteiger partial charge is 0.184 e. The predicted octanol–water partition coefficient (Wildman–Crippen LogP) is 2.22. The first-order valence-corrected chi connectivity index (χ1v) is 6.41. The SMILES string of the molecule is Cn1ncc(CNc2nc3ccccc3s2)c1N. The second kappa shape index (κ2) is 4.30. The summed E-state index contributed by atoms with van der Waals surface area (Å²) in [7, 11) is 1.83. The maximum Gasteiger partial charge on any atom is 0.184 e. The molecular formula is C12H13N5S. The van der Waals surface area contributed by atoms with Crippen LogP contribution in [0, 0.1) is 0 Å². The number of nitrogens with two attached hydrogens (primary N) is 1. The molecule has 0 bridgehead atoms. The third-order valence-electron chi connectivity index (χ3n) is 2.79. The number of rotatable bonds is 3. The number of nitrogen functional groups attached to an aromatic ring is 1. The van der Waals surface area contributed by atoms with Crippen LogP contribution in [0.15, 0.2) is 30.5 Å². The third kappa shape index (κ3) is 1.91. The lowest BCUT2D eigenvalue weighted by atomic mass is 10.3. The lowest BCUT2D eigenvalue weighted by Gasteiger charge is -2.01. The Kier molecular flexibility index (Phi) is 2.64. The first-order chi connectivity index (χ1) is 8.74. The van der Waals surface area contributed by atoms with Gasteiger partial charge in [0.25, 0.3) is 0 Å². The van der Waals surface area contributed by atoms with E-state index < -0.39 is 0 Å². The van der Waals surface area contributed by atoms with Crippen LogP contribution in [-0.4, -0.2) is 14.8 Å². The summed E-state index contributed by atoms with van der Waals surface area (Å²) in [5.41, 5.74) is 7.89. The summed E-state index contributed by atoms with van der Waals surface area (Å²) in [6, 6.07) is 8.08. The molecule has 3 N–H and O–H groups in total. The number of nitrogens with one attached hydrogen (secondary N) is 1. The van der Waals surface area contributed by atoms with Gasteiger partial charge in [-0.2, -0.15) is 5.10 Å². The molecule has 0 radical (unpaired) electrons. The van der Waals surface area contributed by atoms with E-state index >= 15 is 0 Å². The normalized spacial score (nSPS) is 10.9. The van der Waals surface area contributed by atoms with Crippen molar-refractivity contribution in [2.24, 2.45) is 7.05 Å². The van der Waals surface area contributed by atoms with Gasteiger partial charge in [0, 0.05) is 19.2 Å². The number of hydrogen-bond donors (Lipinski definition) is 2. The zero-order valence-corrected chi connectivity index (χ0v) is 10.7. The maximum absolute atomic E-state index is 5.89. The van der Waals surface area contributed by atoms with Crippen molar-refractivity contribution in [1.29, 1.82) is 0 Å². The Morgan fingerprint density at radius 3 is 2.94 bits per heavy atom. The van der Waals surface area contributed by atoms with Gasteiger partial charge in [-0.25, -0.2) is 4.98 Å². The number of hydrogen-bond acceptors (Lipinski definition) is 5. The van der Waals surface area contributed by atoms with Gasteiger partial charge >= 0.3 is 0 Å². The lowest BCUT2D eigenvalue weighted by molar-refractivity contribution is 0.778. The van der Waals surface area contributed by atoms with Gasteiger partial charge < -0.3 is 11.1 Å². The molecule has 0 aliphatic rings. The van der Waals surface area contributed by atoms with E-state index in [0.29, 0.717) is 12.4 Å². The van der Waals surface area contributed by atoms with E-state index in [2.05, 4.69) is 21.5 Å². The summed E-state index contributed by atoms with van der Waals surface area (Å²) in [5.74, 6) is 0.684. The van der Waals surface area contributed by atoms with Crippen LogP contribution in [0.3, 0.4) is 0 Å². The molecular weight excluding hydrogens is 246 g/mol. The minimum absolute atomic E-state index is 0.638. The maximum atomic E-state index is 5.89. The van der Waals surface area contributed by atoms with Crippen molar-refractivity contribution in [3.05, 3.63) is 36.0 Å². The van der Waals surface area contributed by atoms with Crippen molar-refractivity contribution < 1.29 is 0 Å². The highest BCUT2D eigenvalue weighted by Crippen LogP contribution is 2.26. The number of anilines is 2. The van der Waals surface area contributed by atoms with Crippen molar-refractivity contribution in [3.8, 4) is 0 Å². The molecule has 1 aromatic carbocycles. The first-order valence-electron chi connectivity index (χ1n) is 5.60. The van der Waals surface area contributed by atoms with Crippen LogP contribution < -0.4 is 11.1 Å². The topological polar surface area (TPSA) is 68.8 Å². The molecule has 5 nitrogen and oxygen atoms in total. The molecule has 0 spiro atoms.